The molecule has 182 valence electrons. The minimum Gasteiger partial charge on any atom is -0.343 e. The van der Waals surface area contributed by atoms with Crippen LogP contribution >= 0.6 is 0 Å². The van der Waals surface area contributed by atoms with Gasteiger partial charge < -0.3 is 19.8 Å². The van der Waals surface area contributed by atoms with Crippen LogP contribution in [0.4, 0.5) is 13.2 Å². The lowest BCUT2D eigenvalue weighted by atomic mass is 10.2. The fraction of sp³-hybridized carbons (Fsp3) is 0.407. The summed E-state index contributed by atoms with van der Waals surface area (Å²) in [6, 6.07) is 10.4. The minimum atomic E-state index is -0.783. The third-order valence-electron chi connectivity index (χ3n) is 6.64. The summed E-state index contributed by atoms with van der Waals surface area (Å²) in [6.07, 6.45) is 6.16. The molecule has 0 radical (unpaired) electrons. The smallest absolute Gasteiger partial charge is 0.168 e. The van der Waals surface area contributed by atoms with Gasteiger partial charge in [-0.15, -0.1) is 0 Å². The highest BCUT2D eigenvalue weighted by atomic mass is 19.2. The second-order valence-electron chi connectivity index (χ2n) is 8.69. The van der Waals surface area contributed by atoms with Crippen molar-refractivity contribution in [1.82, 2.24) is 19.8 Å². The molecule has 4 nitrogen and oxygen atoms in total. The number of rotatable bonds is 2. The monoisotopic (exact) mass is 470 g/mol. The predicted molar refractivity (Wildman–Crippen MR) is 133 cm³/mol. The summed E-state index contributed by atoms with van der Waals surface area (Å²) in [4.78, 5) is 0. The number of benzene rings is 2. The molecular formula is C27H33F3N4. The van der Waals surface area contributed by atoms with Gasteiger partial charge in [-0.05, 0) is 74.8 Å². The molecule has 0 amide bonds. The lowest BCUT2D eigenvalue weighted by Gasteiger charge is -2.12. The lowest BCUT2D eigenvalue weighted by Crippen LogP contribution is -2.12. The second-order valence-corrected chi connectivity index (χ2v) is 8.69. The standard InChI is InChI=1S/C13H15FN2.C12H12F2N2.C2H6/c1-9-8-16(11-4-5-15-7-11)13-3-2-10(14)6-12(9)13;13-10-1-2-11-9(12(10)14)4-6-16(11)8-3-5-15-7-8;1-2/h2-3,6,8,11,15H,4-5,7H2,1H3;1-2,4,6,8,15H,3,5,7H2;1-2H3. The Hall–Kier alpha value is -2.77. The molecule has 2 aliphatic heterocycles. The summed E-state index contributed by atoms with van der Waals surface area (Å²) in [6.45, 7) is 10.0. The van der Waals surface area contributed by atoms with Crippen molar-refractivity contribution in [2.75, 3.05) is 26.2 Å². The van der Waals surface area contributed by atoms with Crippen molar-refractivity contribution in [1.29, 1.82) is 0 Å². The van der Waals surface area contributed by atoms with Gasteiger partial charge in [0, 0.05) is 53.9 Å². The lowest BCUT2D eigenvalue weighted by molar-refractivity contribution is 0.516. The van der Waals surface area contributed by atoms with Gasteiger partial charge in [0.25, 0.3) is 0 Å². The highest BCUT2D eigenvalue weighted by molar-refractivity contribution is 5.84. The van der Waals surface area contributed by atoms with Crippen LogP contribution in [0.25, 0.3) is 21.8 Å². The van der Waals surface area contributed by atoms with E-state index in [1.807, 2.05) is 37.6 Å². The van der Waals surface area contributed by atoms with Crippen LogP contribution in [0.15, 0.2) is 48.8 Å². The molecule has 2 aliphatic rings. The molecule has 0 bridgehead atoms. The number of halogens is 3. The first-order valence-corrected chi connectivity index (χ1v) is 12.2. The van der Waals surface area contributed by atoms with Gasteiger partial charge in [0.2, 0.25) is 0 Å². The zero-order valence-corrected chi connectivity index (χ0v) is 20.0. The molecule has 2 fully saturated rings. The van der Waals surface area contributed by atoms with Crippen LogP contribution in [0.1, 0.15) is 44.3 Å². The van der Waals surface area contributed by atoms with Crippen LogP contribution in [-0.4, -0.2) is 35.3 Å². The van der Waals surface area contributed by atoms with Gasteiger partial charge in [-0.3, -0.25) is 0 Å². The van der Waals surface area contributed by atoms with Crippen LogP contribution in [0.3, 0.4) is 0 Å². The molecule has 2 saturated heterocycles. The Morgan fingerprint density at radius 3 is 2.06 bits per heavy atom. The Bertz CT molecular complexity index is 1240. The van der Waals surface area contributed by atoms with E-state index in [9.17, 15) is 13.2 Å². The third-order valence-corrected chi connectivity index (χ3v) is 6.64. The fourth-order valence-electron chi connectivity index (χ4n) is 4.95. The molecule has 2 atom stereocenters. The average molecular weight is 471 g/mol. The zero-order valence-electron chi connectivity index (χ0n) is 20.0. The molecule has 2 N–H and O–H groups in total. The van der Waals surface area contributed by atoms with Crippen LogP contribution in [-0.2, 0) is 0 Å². The summed E-state index contributed by atoms with van der Waals surface area (Å²) in [5.41, 5.74) is 3.07. The maximum Gasteiger partial charge on any atom is 0.168 e. The molecule has 2 aromatic heterocycles. The van der Waals surface area contributed by atoms with Crippen molar-refractivity contribution in [3.05, 3.63) is 71.8 Å². The van der Waals surface area contributed by atoms with Crippen molar-refractivity contribution in [2.45, 2.75) is 45.7 Å². The number of aromatic nitrogens is 2. The minimum absolute atomic E-state index is 0.155. The van der Waals surface area contributed by atoms with E-state index in [2.05, 4.69) is 21.4 Å². The third kappa shape index (κ3) is 4.72. The number of hydrogen-bond donors (Lipinski definition) is 2. The predicted octanol–water partition coefficient (Wildman–Crippen LogP) is 6.10. The molecule has 0 spiro atoms. The van der Waals surface area contributed by atoms with Gasteiger partial charge in [-0.2, -0.15) is 0 Å². The normalized spacial score (nSPS) is 19.7. The van der Waals surface area contributed by atoms with Crippen LogP contribution in [0.2, 0.25) is 0 Å². The van der Waals surface area contributed by atoms with E-state index in [1.165, 1.54) is 6.07 Å². The van der Waals surface area contributed by atoms with Crippen molar-refractivity contribution in [3.63, 3.8) is 0 Å². The van der Waals surface area contributed by atoms with Crippen molar-refractivity contribution < 1.29 is 13.2 Å². The molecule has 0 saturated carbocycles. The Labute approximate surface area is 198 Å². The Morgan fingerprint density at radius 1 is 0.794 bits per heavy atom. The molecule has 0 aliphatic carbocycles. The van der Waals surface area contributed by atoms with Gasteiger partial charge in [0.15, 0.2) is 11.6 Å². The quantitative estimate of drug-likeness (QED) is 0.371. The summed E-state index contributed by atoms with van der Waals surface area (Å²) < 4.78 is 44.0. The van der Waals surface area contributed by atoms with Crippen LogP contribution in [0.5, 0.6) is 0 Å². The summed E-state index contributed by atoms with van der Waals surface area (Å²) in [5.74, 6) is -1.69. The summed E-state index contributed by atoms with van der Waals surface area (Å²) >= 11 is 0. The number of aryl methyl sites for hydroxylation is 1. The van der Waals surface area contributed by atoms with Crippen LogP contribution < -0.4 is 10.6 Å². The average Bonchev–Trinajstić information content (AvgIpc) is 3.65. The molecule has 2 aromatic carbocycles. The van der Waals surface area contributed by atoms with E-state index in [1.54, 1.807) is 24.3 Å². The fourth-order valence-corrected chi connectivity index (χ4v) is 4.95. The summed E-state index contributed by atoms with van der Waals surface area (Å²) in [7, 11) is 0. The number of nitrogens with one attached hydrogen (secondary N) is 2. The van der Waals surface area contributed by atoms with E-state index in [-0.39, 0.29) is 5.82 Å². The molecular weight excluding hydrogens is 437 g/mol. The van der Waals surface area contributed by atoms with Crippen molar-refractivity contribution in [3.8, 4) is 0 Å². The Morgan fingerprint density at radius 2 is 1.41 bits per heavy atom. The molecule has 4 heterocycles. The largest absolute Gasteiger partial charge is 0.343 e. The molecule has 4 aromatic rings. The first kappa shape index (κ1) is 24.4. The number of hydrogen-bond acceptors (Lipinski definition) is 2. The second kappa shape index (κ2) is 10.7. The van der Waals surface area contributed by atoms with Crippen molar-refractivity contribution in [2.24, 2.45) is 0 Å². The van der Waals surface area contributed by atoms with E-state index in [0.29, 0.717) is 17.5 Å². The highest BCUT2D eigenvalue weighted by Gasteiger charge is 2.20. The van der Waals surface area contributed by atoms with Gasteiger partial charge >= 0.3 is 0 Å². The molecule has 34 heavy (non-hydrogen) atoms. The zero-order chi connectivity index (χ0) is 24.2. The highest BCUT2D eigenvalue weighted by Crippen LogP contribution is 2.28. The SMILES string of the molecule is CC.Cc1cn(C2CCNC2)c2ccc(F)cc12.Fc1ccc2c(ccn2C2CCNC2)c1F. The Kier molecular flexibility index (Phi) is 7.63. The summed E-state index contributed by atoms with van der Waals surface area (Å²) in [5, 5.41) is 8.03. The Balaban J connectivity index is 0.000000150. The van der Waals surface area contributed by atoms with Gasteiger partial charge in [-0.1, -0.05) is 13.8 Å². The van der Waals surface area contributed by atoms with E-state index < -0.39 is 11.6 Å². The molecule has 7 heteroatoms. The first-order valence-electron chi connectivity index (χ1n) is 12.2. The molecule has 2 unspecified atom stereocenters. The number of fused-ring (bicyclic) bond motifs is 2. The topological polar surface area (TPSA) is 33.9 Å². The van der Waals surface area contributed by atoms with E-state index in [0.717, 1.165) is 61.0 Å². The van der Waals surface area contributed by atoms with Gasteiger partial charge in [0.05, 0.1) is 5.52 Å². The van der Waals surface area contributed by atoms with Crippen molar-refractivity contribution >= 4 is 21.8 Å². The van der Waals surface area contributed by atoms with Gasteiger partial charge in [-0.25, -0.2) is 13.2 Å². The first-order chi connectivity index (χ1) is 16.5. The maximum absolute atomic E-state index is 13.5. The molecule has 6 rings (SSSR count). The van der Waals surface area contributed by atoms with Crippen LogP contribution in [0, 0.1) is 24.4 Å². The number of nitrogens with zero attached hydrogens (tertiary/aromatic N) is 2. The van der Waals surface area contributed by atoms with Gasteiger partial charge in [0.1, 0.15) is 5.82 Å². The van der Waals surface area contributed by atoms with E-state index in [4.69, 9.17) is 0 Å². The van der Waals surface area contributed by atoms with E-state index >= 15 is 0 Å². The maximum atomic E-state index is 13.5.